The molecule has 0 aliphatic rings. The highest BCUT2D eigenvalue weighted by atomic mass is 35.5. The molecule has 0 fully saturated rings. The minimum atomic E-state index is -0.637. The lowest BCUT2D eigenvalue weighted by Crippen LogP contribution is -2.13. The summed E-state index contributed by atoms with van der Waals surface area (Å²) in [6.45, 7) is -0.388. The molecule has 2 nitrogen and oxygen atoms in total. The molecule has 0 saturated heterocycles. The van der Waals surface area contributed by atoms with Crippen molar-refractivity contribution in [1.29, 1.82) is 0 Å². The summed E-state index contributed by atoms with van der Waals surface area (Å²) in [6.07, 6.45) is 0. The Morgan fingerprint density at radius 3 is 2.55 bits per heavy atom. The quantitative estimate of drug-likeness (QED) is 0.732. The van der Waals surface area contributed by atoms with Crippen molar-refractivity contribution in [2.75, 3.05) is 6.61 Å². The fraction of sp³-hybridized carbons (Fsp3) is 0.0714. The molecule has 0 bridgehead atoms. The SMILES string of the molecule is O=C(COc1c(F)cccc1Cl)c1cc(Cl)ccc1Cl. The number of ketones is 1. The molecule has 0 radical (unpaired) electrons. The van der Waals surface area contributed by atoms with Crippen LogP contribution in [0.2, 0.25) is 15.1 Å². The van der Waals surface area contributed by atoms with Crippen molar-refractivity contribution < 1.29 is 13.9 Å². The Hall–Kier alpha value is -1.29. The maximum Gasteiger partial charge on any atom is 0.201 e. The number of hydrogen-bond acceptors (Lipinski definition) is 2. The topological polar surface area (TPSA) is 26.3 Å². The molecule has 2 aromatic carbocycles. The number of ether oxygens (including phenoxy) is 1. The Morgan fingerprint density at radius 2 is 1.85 bits per heavy atom. The van der Waals surface area contributed by atoms with Crippen LogP contribution in [0.4, 0.5) is 4.39 Å². The zero-order chi connectivity index (χ0) is 14.7. The van der Waals surface area contributed by atoms with Crippen LogP contribution < -0.4 is 4.74 Å². The van der Waals surface area contributed by atoms with Gasteiger partial charge in [0.1, 0.15) is 0 Å². The Bertz CT molecular complexity index is 639. The average Bonchev–Trinajstić information content (AvgIpc) is 2.40. The molecular weight excluding hydrogens is 326 g/mol. The number of Topliss-reactive ketones (excluding diaryl/α,β-unsaturated/α-hetero) is 1. The highest BCUT2D eigenvalue weighted by molar-refractivity contribution is 6.36. The van der Waals surface area contributed by atoms with E-state index in [9.17, 15) is 9.18 Å². The molecule has 0 spiro atoms. The van der Waals surface area contributed by atoms with E-state index in [1.165, 1.54) is 30.3 Å². The maximum atomic E-state index is 13.5. The minimum Gasteiger partial charge on any atom is -0.481 e. The molecule has 6 heteroatoms. The van der Waals surface area contributed by atoms with Crippen LogP contribution in [0, 0.1) is 5.82 Å². The largest absolute Gasteiger partial charge is 0.481 e. The molecule has 0 aliphatic carbocycles. The van der Waals surface area contributed by atoms with E-state index in [0.717, 1.165) is 0 Å². The maximum absolute atomic E-state index is 13.5. The first kappa shape index (κ1) is 15.1. The number of halogens is 4. The first-order chi connectivity index (χ1) is 9.49. The lowest BCUT2D eigenvalue weighted by Gasteiger charge is -2.09. The van der Waals surface area contributed by atoms with Crippen LogP contribution >= 0.6 is 34.8 Å². The van der Waals surface area contributed by atoms with Gasteiger partial charge in [-0.25, -0.2) is 4.39 Å². The van der Waals surface area contributed by atoms with Gasteiger partial charge in [0.05, 0.1) is 10.0 Å². The third-order valence-electron chi connectivity index (χ3n) is 2.50. The van der Waals surface area contributed by atoms with Gasteiger partial charge in [0.2, 0.25) is 5.78 Å². The summed E-state index contributed by atoms with van der Waals surface area (Å²) in [6, 6.07) is 8.61. The molecule has 0 saturated carbocycles. The van der Waals surface area contributed by atoms with Gasteiger partial charge in [-0.1, -0.05) is 40.9 Å². The standard InChI is InChI=1S/C14H8Cl3FO2/c15-8-4-5-10(16)9(6-8)13(19)7-20-14-11(17)2-1-3-12(14)18/h1-6H,7H2. The lowest BCUT2D eigenvalue weighted by atomic mass is 10.1. The van der Waals surface area contributed by atoms with Crippen LogP contribution in [0.25, 0.3) is 0 Å². The lowest BCUT2D eigenvalue weighted by molar-refractivity contribution is 0.0919. The number of carbonyl (C=O) groups is 1. The van der Waals surface area contributed by atoms with Crippen molar-refractivity contribution in [1.82, 2.24) is 0 Å². The molecule has 0 N–H and O–H groups in total. The van der Waals surface area contributed by atoms with Crippen LogP contribution in [0.15, 0.2) is 36.4 Å². The van der Waals surface area contributed by atoms with Gasteiger partial charge in [0.15, 0.2) is 18.2 Å². The summed E-state index contributed by atoms with van der Waals surface area (Å²) in [5.41, 5.74) is 0.214. The zero-order valence-electron chi connectivity index (χ0n) is 10.00. The summed E-state index contributed by atoms with van der Waals surface area (Å²) in [5, 5.41) is 0.722. The molecular formula is C14H8Cl3FO2. The first-order valence-electron chi connectivity index (χ1n) is 5.54. The van der Waals surface area contributed by atoms with Crippen LogP contribution in [0.1, 0.15) is 10.4 Å². The molecule has 0 aliphatic heterocycles. The fourth-order valence-corrected chi connectivity index (χ4v) is 2.16. The Morgan fingerprint density at radius 1 is 1.10 bits per heavy atom. The highest BCUT2D eigenvalue weighted by Crippen LogP contribution is 2.28. The average molecular weight is 334 g/mol. The zero-order valence-corrected chi connectivity index (χ0v) is 12.3. The smallest absolute Gasteiger partial charge is 0.201 e. The number of hydrogen-bond donors (Lipinski definition) is 0. The summed E-state index contributed by atoms with van der Waals surface area (Å²) < 4.78 is 18.6. The number of para-hydroxylation sites is 1. The van der Waals surface area contributed by atoms with E-state index < -0.39 is 11.6 Å². The van der Waals surface area contributed by atoms with E-state index in [4.69, 9.17) is 39.5 Å². The molecule has 0 amide bonds. The van der Waals surface area contributed by atoms with E-state index in [1.54, 1.807) is 6.07 Å². The van der Waals surface area contributed by atoms with Crippen molar-refractivity contribution in [3.05, 3.63) is 62.8 Å². The van der Waals surface area contributed by atoms with Gasteiger partial charge in [-0.15, -0.1) is 0 Å². The Balaban J connectivity index is 2.15. The molecule has 0 heterocycles. The minimum absolute atomic E-state index is 0.0926. The van der Waals surface area contributed by atoms with E-state index in [2.05, 4.69) is 0 Å². The highest BCUT2D eigenvalue weighted by Gasteiger charge is 2.14. The van der Waals surface area contributed by atoms with Gasteiger partial charge < -0.3 is 4.74 Å². The van der Waals surface area contributed by atoms with E-state index >= 15 is 0 Å². The van der Waals surface area contributed by atoms with Gasteiger partial charge in [-0.3, -0.25) is 4.79 Å². The van der Waals surface area contributed by atoms with Gasteiger partial charge in [0.25, 0.3) is 0 Å². The monoisotopic (exact) mass is 332 g/mol. The van der Waals surface area contributed by atoms with Crippen LogP contribution in [0.5, 0.6) is 5.75 Å². The fourth-order valence-electron chi connectivity index (χ4n) is 1.55. The normalized spacial score (nSPS) is 10.4. The second kappa shape index (κ2) is 6.44. The molecule has 2 rings (SSSR count). The van der Waals surface area contributed by atoms with E-state index in [0.29, 0.717) is 5.02 Å². The predicted octanol–water partition coefficient (Wildman–Crippen LogP) is 5.05. The van der Waals surface area contributed by atoms with Crippen LogP contribution in [0.3, 0.4) is 0 Å². The molecule has 0 unspecified atom stereocenters. The van der Waals surface area contributed by atoms with Crippen molar-refractivity contribution in [3.63, 3.8) is 0 Å². The van der Waals surface area contributed by atoms with Gasteiger partial charge >= 0.3 is 0 Å². The van der Waals surface area contributed by atoms with Crippen molar-refractivity contribution in [2.45, 2.75) is 0 Å². The van der Waals surface area contributed by atoms with Gasteiger partial charge in [0, 0.05) is 10.6 Å². The second-order valence-electron chi connectivity index (χ2n) is 3.89. The number of carbonyl (C=O) groups excluding carboxylic acids is 1. The Labute approximate surface area is 130 Å². The van der Waals surface area contributed by atoms with Crippen LogP contribution in [-0.2, 0) is 0 Å². The third kappa shape index (κ3) is 3.42. The second-order valence-corrected chi connectivity index (χ2v) is 5.14. The van der Waals surface area contributed by atoms with E-state index in [-0.39, 0.29) is 28.0 Å². The first-order valence-corrected chi connectivity index (χ1v) is 6.67. The summed E-state index contributed by atoms with van der Waals surface area (Å²) in [7, 11) is 0. The Kier molecular flexibility index (Phi) is 4.86. The molecule has 0 atom stereocenters. The number of benzene rings is 2. The summed E-state index contributed by atoms with van der Waals surface area (Å²) in [5.74, 6) is -1.22. The van der Waals surface area contributed by atoms with Crippen LogP contribution in [-0.4, -0.2) is 12.4 Å². The summed E-state index contributed by atoms with van der Waals surface area (Å²) >= 11 is 17.5. The summed E-state index contributed by atoms with van der Waals surface area (Å²) in [4.78, 5) is 12.0. The van der Waals surface area contributed by atoms with Crippen molar-refractivity contribution >= 4 is 40.6 Å². The number of rotatable bonds is 4. The van der Waals surface area contributed by atoms with Gasteiger partial charge in [-0.05, 0) is 30.3 Å². The van der Waals surface area contributed by atoms with E-state index in [1.807, 2.05) is 0 Å². The third-order valence-corrected chi connectivity index (χ3v) is 3.36. The van der Waals surface area contributed by atoms with Crippen molar-refractivity contribution in [3.8, 4) is 5.75 Å². The predicted molar refractivity (Wildman–Crippen MR) is 77.7 cm³/mol. The molecule has 104 valence electrons. The molecule has 0 aromatic heterocycles. The molecule has 2 aromatic rings. The van der Waals surface area contributed by atoms with Gasteiger partial charge in [-0.2, -0.15) is 0 Å². The molecule has 20 heavy (non-hydrogen) atoms. The van der Waals surface area contributed by atoms with Crippen molar-refractivity contribution in [2.24, 2.45) is 0 Å².